The molecule has 6 nitrogen and oxygen atoms in total. The minimum Gasteiger partial charge on any atom is -0.389 e. The minimum atomic E-state index is -1.26. The highest BCUT2D eigenvalue weighted by Gasteiger charge is 2.47. The number of hydrogen-bond donors (Lipinski definition) is 3. The van der Waals surface area contributed by atoms with E-state index in [0.717, 1.165) is 44.3 Å². The number of anilines is 1. The first-order valence-electron chi connectivity index (χ1n) is 13.5. The van der Waals surface area contributed by atoms with Gasteiger partial charge < -0.3 is 25.3 Å². The van der Waals surface area contributed by atoms with Gasteiger partial charge in [-0.25, -0.2) is 8.78 Å². The largest absolute Gasteiger partial charge is 0.389 e. The monoisotopic (exact) mass is 525 g/mol. The van der Waals surface area contributed by atoms with Crippen molar-refractivity contribution in [3.63, 3.8) is 0 Å². The SMILES string of the molecule is Cc1ccc2c(c1)NC[C@@]21CCN(CC(O)C2(O)CCN(C(=O)/C=C/c3cc(F)cc(F)c3)CC2)C[C@@H]1C. The first-order chi connectivity index (χ1) is 18.1. The van der Waals surface area contributed by atoms with E-state index < -0.39 is 23.3 Å². The van der Waals surface area contributed by atoms with Gasteiger partial charge >= 0.3 is 0 Å². The number of β-amino-alcohol motifs (C(OH)–C–C–N with tert-alkyl or cyclic N) is 1. The summed E-state index contributed by atoms with van der Waals surface area (Å²) < 4.78 is 26.8. The second-order valence-corrected chi connectivity index (χ2v) is 11.5. The van der Waals surface area contributed by atoms with Gasteiger partial charge in [-0.3, -0.25) is 4.79 Å². The summed E-state index contributed by atoms with van der Waals surface area (Å²) in [6, 6.07) is 9.75. The van der Waals surface area contributed by atoms with Crippen molar-refractivity contribution in [1.29, 1.82) is 0 Å². The highest BCUT2D eigenvalue weighted by atomic mass is 19.1. The molecule has 3 aliphatic rings. The Morgan fingerprint density at radius 3 is 2.53 bits per heavy atom. The number of nitrogens with zero attached hydrogens (tertiary/aromatic N) is 2. The van der Waals surface area contributed by atoms with Crippen LogP contribution < -0.4 is 5.32 Å². The number of likely N-dealkylation sites (tertiary alicyclic amines) is 2. The average molecular weight is 526 g/mol. The number of carbonyl (C=O) groups excluding carboxylic acids is 1. The molecule has 1 amide bonds. The Hall–Kier alpha value is -2.81. The van der Waals surface area contributed by atoms with Crippen LogP contribution in [0.15, 0.2) is 42.5 Å². The number of aliphatic hydroxyl groups excluding tert-OH is 1. The summed E-state index contributed by atoms with van der Waals surface area (Å²) in [6.45, 7) is 8.01. The van der Waals surface area contributed by atoms with Crippen LogP contribution in [0.4, 0.5) is 14.5 Å². The number of fused-ring (bicyclic) bond motifs is 2. The molecule has 3 N–H and O–H groups in total. The molecule has 204 valence electrons. The van der Waals surface area contributed by atoms with Gasteiger partial charge in [-0.15, -0.1) is 0 Å². The molecular formula is C30H37F2N3O3. The zero-order valence-electron chi connectivity index (χ0n) is 22.1. The number of halogens is 2. The van der Waals surface area contributed by atoms with Gasteiger partial charge in [0, 0.05) is 56.0 Å². The summed E-state index contributed by atoms with van der Waals surface area (Å²) in [6.07, 6.45) is 3.29. The van der Waals surface area contributed by atoms with Gasteiger partial charge in [0.2, 0.25) is 5.91 Å². The van der Waals surface area contributed by atoms with Crippen LogP contribution in [0.3, 0.4) is 0 Å². The second-order valence-electron chi connectivity index (χ2n) is 11.5. The molecule has 1 spiro atoms. The van der Waals surface area contributed by atoms with Crippen molar-refractivity contribution in [2.75, 3.05) is 44.6 Å². The molecule has 2 aromatic carbocycles. The van der Waals surface area contributed by atoms with Crippen LogP contribution >= 0.6 is 0 Å². The lowest BCUT2D eigenvalue weighted by Gasteiger charge is -2.47. The van der Waals surface area contributed by atoms with Gasteiger partial charge in [-0.05, 0) is 79.6 Å². The first-order valence-corrected chi connectivity index (χ1v) is 13.5. The molecule has 3 aliphatic heterocycles. The molecule has 1 unspecified atom stereocenters. The number of hydrogen-bond acceptors (Lipinski definition) is 5. The van der Waals surface area contributed by atoms with Gasteiger partial charge in [-0.1, -0.05) is 19.1 Å². The van der Waals surface area contributed by atoms with Crippen LogP contribution in [-0.2, 0) is 10.2 Å². The number of aryl methyl sites for hydroxylation is 1. The van der Waals surface area contributed by atoms with E-state index in [2.05, 4.69) is 42.3 Å². The van der Waals surface area contributed by atoms with E-state index in [1.54, 1.807) is 4.90 Å². The van der Waals surface area contributed by atoms with Crippen molar-refractivity contribution in [1.82, 2.24) is 9.80 Å². The topological polar surface area (TPSA) is 76.0 Å². The average Bonchev–Trinajstić information content (AvgIpc) is 3.23. The number of piperidine rings is 2. The van der Waals surface area contributed by atoms with E-state index >= 15 is 0 Å². The normalized spacial score (nSPS) is 25.9. The molecule has 38 heavy (non-hydrogen) atoms. The molecule has 8 heteroatoms. The number of rotatable bonds is 5. The fraction of sp³-hybridized carbons (Fsp3) is 0.500. The van der Waals surface area contributed by atoms with Crippen LogP contribution in [0.1, 0.15) is 42.9 Å². The van der Waals surface area contributed by atoms with Gasteiger partial charge in [0.15, 0.2) is 0 Å². The molecule has 0 aliphatic carbocycles. The molecule has 0 radical (unpaired) electrons. The maximum Gasteiger partial charge on any atom is 0.246 e. The summed E-state index contributed by atoms with van der Waals surface area (Å²) in [5, 5.41) is 25.9. The summed E-state index contributed by atoms with van der Waals surface area (Å²) in [5.41, 5.74) is 2.98. The van der Waals surface area contributed by atoms with E-state index in [-0.39, 0.29) is 29.7 Å². The quantitative estimate of drug-likeness (QED) is 0.519. The fourth-order valence-corrected chi connectivity index (χ4v) is 6.48. The molecule has 2 saturated heterocycles. The fourth-order valence-electron chi connectivity index (χ4n) is 6.48. The van der Waals surface area contributed by atoms with Gasteiger partial charge in [0.25, 0.3) is 0 Å². The van der Waals surface area contributed by atoms with Crippen LogP contribution in [0, 0.1) is 24.5 Å². The Balaban J connectivity index is 1.14. The lowest BCUT2D eigenvalue weighted by atomic mass is 9.67. The first kappa shape index (κ1) is 26.8. The van der Waals surface area contributed by atoms with Crippen molar-refractivity contribution in [2.24, 2.45) is 5.92 Å². The maximum atomic E-state index is 13.4. The smallest absolute Gasteiger partial charge is 0.246 e. The Kier molecular flexibility index (Phi) is 7.33. The van der Waals surface area contributed by atoms with E-state index in [1.165, 1.54) is 29.0 Å². The molecular weight excluding hydrogens is 488 g/mol. The molecule has 2 aromatic rings. The molecule has 2 fully saturated rings. The molecule has 0 aromatic heterocycles. The predicted octanol–water partition coefficient (Wildman–Crippen LogP) is 3.71. The summed E-state index contributed by atoms with van der Waals surface area (Å²) in [5.74, 6) is -1.30. The molecule has 3 heterocycles. The van der Waals surface area contributed by atoms with Crippen molar-refractivity contribution >= 4 is 17.7 Å². The molecule has 0 bridgehead atoms. The van der Waals surface area contributed by atoms with Crippen LogP contribution in [0.5, 0.6) is 0 Å². The standard InChI is InChI=1S/C30H37F2N3O3/c1-20-3-5-25-26(13-20)33-19-29(25)7-10-34(17-21(29)2)18-27(36)30(38)8-11-35(12-9-30)28(37)6-4-22-14-23(31)16-24(32)15-22/h3-6,13-16,21,27,33,36,38H,7-12,17-19H2,1-2H3/b6-4+/t21-,27?,29+/m0/s1. The summed E-state index contributed by atoms with van der Waals surface area (Å²) in [4.78, 5) is 16.4. The van der Waals surface area contributed by atoms with Gasteiger partial charge in [0.1, 0.15) is 11.6 Å². The highest BCUT2D eigenvalue weighted by molar-refractivity contribution is 5.91. The Morgan fingerprint density at radius 1 is 1.13 bits per heavy atom. The lowest BCUT2D eigenvalue weighted by Crippen LogP contribution is -2.58. The van der Waals surface area contributed by atoms with Crippen molar-refractivity contribution < 1.29 is 23.8 Å². The van der Waals surface area contributed by atoms with Crippen LogP contribution in [-0.4, -0.2) is 76.9 Å². The summed E-state index contributed by atoms with van der Waals surface area (Å²) in [7, 11) is 0. The third kappa shape index (κ3) is 5.22. The van der Waals surface area contributed by atoms with Crippen molar-refractivity contribution in [2.45, 2.75) is 50.2 Å². The zero-order chi connectivity index (χ0) is 27.1. The molecule has 0 saturated carbocycles. The van der Waals surface area contributed by atoms with E-state index in [1.807, 2.05) is 0 Å². The third-order valence-corrected chi connectivity index (χ3v) is 8.95. The maximum absolute atomic E-state index is 13.4. The highest BCUT2D eigenvalue weighted by Crippen LogP contribution is 2.47. The van der Waals surface area contributed by atoms with E-state index in [9.17, 15) is 23.8 Å². The molecule has 3 atom stereocenters. The number of amides is 1. The number of nitrogens with one attached hydrogen (secondary N) is 1. The predicted molar refractivity (Wildman–Crippen MR) is 144 cm³/mol. The second kappa shape index (κ2) is 10.4. The van der Waals surface area contributed by atoms with E-state index in [4.69, 9.17) is 0 Å². The minimum absolute atomic E-state index is 0.0951. The van der Waals surface area contributed by atoms with Gasteiger partial charge in [0.05, 0.1) is 11.7 Å². The van der Waals surface area contributed by atoms with Crippen molar-refractivity contribution in [3.8, 4) is 0 Å². The van der Waals surface area contributed by atoms with Crippen LogP contribution in [0.2, 0.25) is 0 Å². The zero-order valence-corrected chi connectivity index (χ0v) is 22.1. The Bertz CT molecular complexity index is 1210. The number of carbonyl (C=O) groups is 1. The van der Waals surface area contributed by atoms with Crippen LogP contribution in [0.25, 0.3) is 6.08 Å². The van der Waals surface area contributed by atoms with E-state index in [0.29, 0.717) is 25.6 Å². The number of aliphatic hydroxyl groups is 2. The van der Waals surface area contributed by atoms with Gasteiger partial charge in [-0.2, -0.15) is 0 Å². The Labute approximate surface area is 223 Å². The lowest BCUT2D eigenvalue weighted by molar-refractivity contribution is -0.140. The summed E-state index contributed by atoms with van der Waals surface area (Å²) >= 11 is 0. The molecule has 5 rings (SSSR count). The van der Waals surface area contributed by atoms with Crippen molar-refractivity contribution in [3.05, 3.63) is 70.8 Å². The Morgan fingerprint density at radius 2 is 1.84 bits per heavy atom. The number of benzene rings is 2. The third-order valence-electron chi connectivity index (χ3n) is 8.95.